The van der Waals surface area contributed by atoms with Crippen molar-refractivity contribution in [1.82, 2.24) is 5.32 Å². The average Bonchev–Trinajstić information content (AvgIpc) is 2.54. The van der Waals surface area contributed by atoms with Crippen LogP contribution in [-0.2, 0) is 4.79 Å². The molecule has 0 spiro atoms. The highest BCUT2D eigenvalue weighted by molar-refractivity contribution is 6.42. The number of hydrogen-bond donors (Lipinski definition) is 1. The Morgan fingerprint density at radius 2 is 1.86 bits per heavy atom. The first kappa shape index (κ1) is 16.7. The van der Waals surface area contributed by atoms with Crippen LogP contribution in [-0.4, -0.2) is 19.1 Å². The van der Waals surface area contributed by atoms with Gasteiger partial charge in [-0.2, -0.15) is 0 Å². The number of amides is 1. The Bertz CT molecular complexity index is 632. The Morgan fingerprint density at radius 1 is 1.14 bits per heavy atom. The molecule has 0 fully saturated rings. The topological polar surface area (TPSA) is 38.3 Å². The lowest BCUT2D eigenvalue weighted by Gasteiger charge is -2.14. The zero-order chi connectivity index (χ0) is 15.9. The number of halogens is 2. The minimum atomic E-state index is -0.196. The highest BCUT2D eigenvalue weighted by Gasteiger charge is 2.10. The first-order valence-electron chi connectivity index (χ1n) is 6.96. The third-order valence-corrected chi connectivity index (χ3v) is 4.05. The Morgan fingerprint density at radius 3 is 2.59 bits per heavy atom. The lowest BCUT2D eigenvalue weighted by molar-refractivity contribution is -0.123. The zero-order valence-corrected chi connectivity index (χ0v) is 13.7. The van der Waals surface area contributed by atoms with Crippen molar-refractivity contribution in [3.8, 4) is 5.75 Å². The molecule has 0 unspecified atom stereocenters. The van der Waals surface area contributed by atoms with Crippen LogP contribution in [0.3, 0.4) is 0 Å². The van der Waals surface area contributed by atoms with Crippen LogP contribution in [0.2, 0.25) is 10.0 Å². The van der Waals surface area contributed by atoms with Crippen LogP contribution in [0.1, 0.15) is 18.4 Å². The van der Waals surface area contributed by atoms with Crippen molar-refractivity contribution >= 4 is 29.1 Å². The molecule has 0 saturated heterocycles. The van der Waals surface area contributed by atoms with Gasteiger partial charge in [0.25, 0.3) is 5.91 Å². The van der Waals surface area contributed by atoms with E-state index in [1.165, 1.54) is 5.56 Å². The van der Waals surface area contributed by atoms with Gasteiger partial charge in [0.2, 0.25) is 0 Å². The first-order chi connectivity index (χ1) is 10.6. The van der Waals surface area contributed by atoms with E-state index >= 15 is 0 Å². The maximum absolute atomic E-state index is 11.8. The van der Waals surface area contributed by atoms with E-state index in [1.54, 1.807) is 18.2 Å². The van der Waals surface area contributed by atoms with E-state index in [9.17, 15) is 4.79 Å². The lowest BCUT2D eigenvalue weighted by atomic mass is 10.0. The van der Waals surface area contributed by atoms with Gasteiger partial charge in [-0.3, -0.25) is 4.79 Å². The molecule has 22 heavy (non-hydrogen) atoms. The van der Waals surface area contributed by atoms with E-state index in [1.807, 2.05) is 30.3 Å². The largest absolute Gasteiger partial charge is 0.482 e. The van der Waals surface area contributed by atoms with Crippen LogP contribution >= 0.6 is 23.2 Å². The summed E-state index contributed by atoms with van der Waals surface area (Å²) in [7, 11) is 0. The van der Waals surface area contributed by atoms with Crippen molar-refractivity contribution in [2.24, 2.45) is 0 Å². The van der Waals surface area contributed by atoms with Gasteiger partial charge < -0.3 is 10.1 Å². The predicted octanol–water partition coefficient (Wildman–Crippen LogP) is 4.29. The molecule has 0 aliphatic heterocycles. The van der Waals surface area contributed by atoms with Crippen molar-refractivity contribution in [2.75, 3.05) is 13.2 Å². The Hall–Kier alpha value is -1.71. The maximum Gasteiger partial charge on any atom is 0.257 e. The molecule has 3 nitrogen and oxygen atoms in total. The minimum absolute atomic E-state index is 0.0957. The fourth-order valence-corrected chi connectivity index (χ4v) is 2.30. The van der Waals surface area contributed by atoms with Crippen LogP contribution < -0.4 is 10.1 Å². The van der Waals surface area contributed by atoms with Gasteiger partial charge in [0, 0.05) is 6.54 Å². The second-order valence-corrected chi connectivity index (χ2v) is 5.74. The molecule has 0 saturated carbocycles. The normalized spacial score (nSPS) is 11.8. The van der Waals surface area contributed by atoms with Gasteiger partial charge in [-0.15, -0.1) is 0 Å². The van der Waals surface area contributed by atoms with Crippen LogP contribution in [0.5, 0.6) is 5.75 Å². The smallest absolute Gasteiger partial charge is 0.257 e. The van der Waals surface area contributed by atoms with Crippen molar-refractivity contribution in [2.45, 2.75) is 12.8 Å². The lowest BCUT2D eigenvalue weighted by Crippen LogP contribution is -2.31. The molecule has 1 N–H and O–H groups in total. The number of nitrogens with one attached hydrogen (secondary N) is 1. The van der Waals surface area contributed by atoms with Gasteiger partial charge in [0.1, 0.15) is 10.8 Å². The SMILES string of the molecule is C[C@H](CNC(=O)COc1cccc(Cl)c1Cl)c1ccccc1. The molecule has 2 aromatic carbocycles. The van der Waals surface area contributed by atoms with Crippen molar-refractivity contribution in [3.05, 3.63) is 64.1 Å². The van der Waals surface area contributed by atoms with Gasteiger partial charge in [-0.05, 0) is 23.6 Å². The third-order valence-electron chi connectivity index (χ3n) is 3.25. The van der Waals surface area contributed by atoms with Crippen LogP contribution in [0.15, 0.2) is 48.5 Å². The molecule has 0 aliphatic carbocycles. The summed E-state index contributed by atoms with van der Waals surface area (Å²) in [5.41, 5.74) is 1.18. The highest BCUT2D eigenvalue weighted by Crippen LogP contribution is 2.31. The molecule has 2 rings (SSSR count). The van der Waals surface area contributed by atoms with Crippen molar-refractivity contribution in [3.63, 3.8) is 0 Å². The molecule has 0 heterocycles. The van der Waals surface area contributed by atoms with Gasteiger partial charge in [0.05, 0.1) is 5.02 Å². The fourth-order valence-electron chi connectivity index (χ4n) is 1.96. The number of benzene rings is 2. The summed E-state index contributed by atoms with van der Waals surface area (Å²) in [6.45, 7) is 2.52. The van der Waals surface area contributed by atoms with Crippen molar-refractivity contribution < 1.29 is 9.53 Å². The van der Waals surface area contributed by atoms with Crippen molar-refractivity contribution in [1.29, 1.82) is 0 Å². The molecule has 0 bridgehead atoms. The molecule has 1 atom stereocenters. The van der Waals surface area contributed by atoms with Gasteiger partial charge in [0.15, 0.2) is 6.61 Å². The summed E-state index contributed by atoms with van der Waals surface area (Å²) in [6.07, 6.45) is 0. The van der Waals surface area contributed by atoms with E-state index in [2.05, 4.69) is 12.2 Å². The summed E-state index contributed by atoms with van der Waals surface area (Å²) in [5, 5.41) is 3.56. The number of carbonyl (C=O) groups excluding carboxylic acids is 1. The van der Waals surface area contributed by atoms with E-state index in [0.29, 0.717) is 22.3 Å². The van der Waals surface area contributed by atoms with Gasteiger partial charge >= 0.3 is 0 Å². The van der Waals surface area contributed by atoms with E-state index in [4.69, 9.17) is 27.9 Å². The minimum Gasteiger partial charge on any atom is -0.482 e. The summed E-state index contributed by atoms with van der Waals surface area (Å²) in [6, 6.07) is 15.1. The second kappa shape index (κ2) is 8.06. The molecule has 1 amide bonds. The van der Waals surface area contributed by atoms with Gasteiger partial charge in [-0.1, -0.05) is 66.5 Å². The first-order valence-corrected chi connectivity index (χ1v) is 7.72. The fraction of sp³-hybridized carbons (Fsp3) is 0.235. The maximum atomic E-state index is 11.8. The monoisotopic (exact) mass is 337 g/mol. The van der Waals surface area contributed by atoms with E-state index in [0.717, 1.165) is 0 Å². The predicted molar refractivity (Wildman–Crippen MR) is 89.8 cm³/mol. The molecular formula is C17H17Cl2NO2. The summed E-state index contributed by atoms with van der Waals surface area (Å²) in [5.74, 6) is 0.444. The van der Waals surface area contributed by atoms with Crippen LogP contribution in [0.4, 0.5) is 0 Å². The molecule has 0 aliphatic rings. The molecule has 0 aromatic heterocycles. The standard InChI is InChI=1S/C17H17Cl2NO2/c1-12(13-6-3-2-4-7-13)10-20-16(21)11-22-15-9-5-8-14(18)17(15)19/h2-9,12H,10-11H2,1H3,(H,20,21)/t12-/m1/s1. The molecule has 2 aromatic rings. The molecule has 5 heteroatoms. The Kier molecular flexibility index (Phi) is 6.10. The van der Waals surface area contributed by atoms with E-state index in [-0.39, 0.29) is 18.4 Å². The number of carbonyl (C=O) groups is 1. The summed E-state index contributed by atoms with van der Waals surface area (Å²) >= 11 is 11.9. The zero-order valence-electron chi connectivity index (χ0n) is 12.2. The summed E-state index contributed by atoms with van der Waals surface area (Å²) < 4.78 is 5.39. The molecular weight excluding hydrogens is 321 g/mol. The van der Waals surface area contributed by atoms with Crippen LogP contribution in [0.25, 0.3) is 0 Å². The average molecular weight is 338 g/mol. The number of hydrogen-bond acceptors (Lipinski definition) is 2. The Balaban J connectivity index is 1.80. The number of ether oxygens (including phenoxy) is 1. The summed E-state index contributed by atoms with van der Waals surface area (Å²) in [4.78, 5) is 11.8. The quantitative estimate of drug-likeness (QED) is 0.853. The van der Waals surface area contributed by atoms with E-state index < -0.39 is 0 Å². The Labute approximate surface area is 140 Å². The molecule has 116 valence electrons. The third kappa shape index (κ3) is 4.65. The van der Waals surface area contributed by atoms with Crippen LogP contribution in [0, 0.1) is 0 Å². The highest BCUT2D eigenvalue weighted by atomic mass is 35.5. The molecule has 0 radical (unpaired) electrons. The van der Waals surface area contributed by atoms with Gasteiger partial charge in [-0.25, -0.2) is 0 Å². The second-order valence-electron chi connectivity index (χ2n) is 4.96. The number of rotatable bonds is 6.